The van der Waals surface area contributed by atoms with Gasteiger partial charge in [-0.05, 0) is 17.8 Å². The second kappa shape index (κ2) is 7.09. The van der Waals surface area contributed by atoms with Gasteiger partial charge in [0.1, 0.15) is 0 Å². The van der Waals surface area contributed by atoms with Crippen molar-refractivity contribution in [3.05, 3.63) is 0 Å². The quantitative estimate of drug-likeness (QED) is 0.551. The molecule has 4 N–H and O–H groups in total. The Labute approximate surface area is 123 Å². The lowest BCUT2D eigenvalue weighted by atomic mass is 9.75. The highest BCUT2D eigenvalue weighted by Gasteiger charge is 2.35. The van der Waals surface area contributed by atoms with Crippen LogP contribution in [0.2, 0.25) is 0 Å². The van der Waals surface area contributed by atoms with E-state index in [9.17, 15) is 4.79 Å². The number of hydrogen-bond acceptors (Lipinski definition) is 5. The van der Waals surface area contributed by atoms with Crippen LogP contribution in [0.3, 0.4) is 0 Å². The Balaban J connectivity index is 4.52. The zero-order valence-electron chi connectivity index (χ0n) is 13.3. The highest BCUT2D eigenvalue weighted by molar-refractivity contribution is 8.15. The largest absolute Gasteiger partial charge is 0.355 e. The van der Waals surface area contributed by atoms with Gasteiger partial charge in [0.25, 0.3) is 0 Å². The zero-order chi connectivity index (χ0) is 16.2. The molecule has 0 aromatic carbocycles. The lowest BCUT2D eigenvalue weighted by Crippen LogP contribution is -2.42. The molecule has 0 bridgehead atoms. The van der Waals surface area contributed by atoms with Crippen LogP contribution in [0.4, 0.5) is 0 Å². The molecule has 0 atom stereocenters. The van der Waals surface area contributed by atoms with Crippen LogP contribution in [0, 0.1) is 16.7 Å². The van der Waals surface area contributed by atoms with Gasteiger partial charge in [0.05, 0.1) is 6.61 Å². The fourth-order valence-electron chi connectivity index (χ4n) is 2.10. The molecule has 0 radical (unpaired) electrons. The van der Waals surface area contributed by atoms with Gasteiger partial charge in [-0.3, -0.25) is 22.6 Å². The predicted molar refractivity (Wildman–Crippen MR) is 81.5 cm³/mol. The molecule has 0 aromatic rings. The fourth-order valence-corrected chi connectivity index (χ4v) is 2.58. The van der Waals surface area contributed by atoms with Gasteiger partial charge >= 0.3 is 0 Å². The number of carbonyl (C=O) groups is 1. The first-order valence-electron chi connectivity index (χ1n) is 6.68. The first-order chi connectivity index (χ1) is 8.75. The van der Waals surface area contributed by atoms with Crippen LogP contribution >= 0.6 is 11.2 Å². The number of carbonyl (C=O) groups excluding carboxylic acids is 1. The molecule has 0 heterocycles. The van der Waals surface area contributed by atoms with Crippen LogP contribution in [-0.4, -0.2) is 32.7 Å². The molecule has 0 unspecified atom stereocenters. The van der Waals surface area contributed by atoms with Crippen molar-refractivity contribution in [3.63, 3.8) is 0 Å². The van der Waals surface area contributed by atoms with E-state index in [4.69, 9.17) is 13.7 Å². The fraction of sp³-hybridized carbons (Fsp3) is 0.923. The van der Waals surface area contributed by atoms with Gasteiger partial charge in [-0.25, -0.2) is 0 Å². The highest BCUT2D eigenvalue weighted by Crippen LogP contribution is 2.40. The first-order valence-corrected chi connectivity index (χ1v) is 8.11. The Morgan fingerprint density at radius 3 is 2.10 bits per heavy atom. The summed E-state index contributed by atoms with van der Waals surface area (Å²) in [6.45, 7) is 12.0. The van der Waals surface area contributed by atoms with Gasteiger partial charge in [-0.15, -0.1) is 0 Å². The van der Waals surface area contributed by atoms with Crippen molar-refractivity contribution in [2.24, 2.45) is 16.7 Å². The number of hydrogen-bond donors (Lipinski definition) is 4. The van der Waals surface area contributed by atoms with Crippen molar-refractivity contribution < 1.29 is 22.6 Å². The molecule has 1 amide bonds. The van der Waals surface area contributed by atoms with E-state index in [-0.39, 0.29) is 12.5 Å². The first kappa shape index (κ1) is 19.7. The summed E-state index contributed by atoms with van der Waals surface area (Å²) in [6, 6.07) is 0. The minimum absolute atomic E-state index is 0.0464. The normalized spacial score (nSPS) is 14.5. The van der Waals surface area contributed by atoms with Crippen LogP contribution < -0.4 is 5.32 Å². The van der Waals surface area contributed by atoms with E-state index in [1.165, 1.54) is 0 Å². The number of nitrogens with one attached hydrogen (secondary N) is 1. The van der Waals surface area contributed by atoms with Crippen molar-refractivity contribution in [2.45, 2.75) is 48.0 Å². The molecule has 0 saturated carbocycles. The van der Waals surface area contributed by atoms with E-state index in [2.05, 4.69) is 9.50 Å². The van der Waals surface area contributed by atoms with Crippen molar-refractivity contribution in [3.8, 4) is 0 Å². The maximum absolute atomic E-state index is 12.2. The SMILES string of the molecule is CC(C)CNC(=O)C(C)(C)CC(C)(C)COS(O)(O)O. The van der Waals surface area contributed by atoms with Crippen molar-refractivity contribution >= 4 is 17.1 Å². The molecule has 0 rings (SSSR count). The van der Waals surface area contributed by atoms with E-state index < -0.39 is 22.0 Å². The average molecular weight is 311 g/mol. The molecule has 20 heavy (non-hydrogen) atoms. The predicted octanol–water partition coefficient (Wildman–Crippen LogP) is 3.36. The molecule has 0 aliphatic carbocycles. The summed E-state index contributed by atoms with van der Waals surface area (Å²) < 4.78 is 31.1. The smallest absolute Gasteiger partial charge is 0.225 e. The third-order valence-corrected chi connectivity index (χ3v) is 3.25. The van der Waals surface area contributed by atoms with Gasteiger partial charge in [0.15, 0.2) is 0 Å². The third kappa shape index (κ3) is 8.76. The second-order valence-corrected chi connectivity index (χ2v) is 8.23. The van der Waals surface area contributed by atoms with Gasteiger partial charge in [-0.2, -0.15) is 0 Å². The molecule has 122 valence electrons. The van der Waals surface area contributed by atoms with Crippen LogP contribution in [0.5, 0.6) is 0 Å². The maximum Gasteiger partial charge on any atom is 0.225 e. The highest BCUT2D eigenvalue weighted by atomic mass is 32.3. The lowest BCUT2D eigenvalue weighted by Gasteiger charge is -2.35. The maximum atomic E-state index is 12.2. The molecule has 0 saturated heterocycles. The topological polar surface area (TPSA) is 99.0 Å². The molecule has 0 aliphatic rings. The Morgan fingerprint density at radius 2 is 1.70 bits per heavy atom. The standard InChI is InChI=1S/C13H29NO5S/c1-10(2)7-14-11(15)13(5,6)8-12(3,4)9-19-20(16,17)18/h10,16-18H,7-9H2,1-6H3,(H,14,15). The van der Waals surface area contributed by atoms with E-state index in [1.54, 1.807) is 0 Å². The molecule has 6 nitrogen and oxygen atoms in total. The van der Waals surface area contributed by atoms with Gasteiger partial charge in [0, 0.05) is 12.0 Å². The van der Waals surface area contributed by atoms with Crippen LogP contribution in [0.15, 0.2) is 0 Å². The number of amides is 1. The van der Waals surface area contributed by atoms with E-state index in [1.807, 2.05) is 41.5 Å². The van der Waals surface area contributed by atoms with E-state index >= 15 is 0 Å². The summed E-state index contributed by atoms with van der Waals surface area (Å²) in [4.78, 5) is 12.2. The van der Waals surface area contributed by atoms with Crippen LogP contribution in [0.25, 0.3) is 0 Å². The lowest BCUT2D eigenvalue weighted by molar-refractivity contribution is -0.131. The van der Waals surface area contributed by atoms with E-state index in [0.29, 0.717) is 18.9 Å². The monoisotopic (exact) mass is 311 g/mol. The molecule has 0 aromatic heterocycles. The van der Waals surface area contributed by atoms with Crippen molar-refractivity contribution in [1.82, 2.24) is 5.32 Å². The molecule has 0 fully saturated rings. The summed E-state index contributed by atoms with van der Waals surface area (Å²) in [5, 5.41) is 2.89. The second-order valence-electron chi connectivity index (χ2n) is 7.06. The minimum Gasteiger partial charge on any atom is -0.355 e. The summed E-state index contributed by atoms with van der Waals surface area (Å²) in [5.74, 6) is 0.336. The van der Waals surface area contributed by atoms with Gasteiger partial charge < -0.3 is 5.32 Å². The van der Waals surface area contributed by atoms with E-state index in [0.717, 1.165) is 0 Å². The Hall–Kier alpha value is -0.340. The van der Waals surface area contributed by atoms with Crippen LogP contribution in [0.1, 0.15) is 48.0 Å². The molecular formula is C13H29NO5S. The molecule has 7 heteroatoms. The Morgan fingerprint density at radius 1 is 1.20 bits per heavy atom. The zero-order valence-corrected chi connectivity index (χ0v) is 14.1. The molecular weight excluding hydrogens is 282 g/mol. The molecule has 0 aliphatic heterocycles. The van der Waals surface area contributed by atoms with Gasteiger partial charge in [0.2, 0.25) is 17.1 Å². The van der Waals surface area contributed by atoms with Crippen molar-refractivity contribution in [2.75, 3.05) is 13.2 Å². The van der Waals surface area contributed by atoms with Crippen molar-refractivity contribution in [1.29, 1.82) is 0 Å². The van der Waals surface area contributed by atoms with Crippen LogP contribution in [-0.2, 0) is 8.98 Å². The minimum atomic E-state index is -3.96. The average Bonchev–Trinajstić information content (AvgIpc) is 2.20. The molecule has 0 spiro atoms. The Kier molecular flexibility index (Phi) is 6.96. The summed E-state index contributed by atoms with van der Waals surface area (Å²) in [5.41, 5.74) is -1.09. The summed E-state index contributed by atoms with van der Waals surface area (Å²) in [6.07, 6.45) is 0.486. The van der Waals surface area contributed by atoms with Gasteiger partial charge in [-0.1, -0.05) is 41.5 Å². The number of rotatable bonds is 8. The third-order valence-electron chi connectivity index (χ3n) is 2.81. The summed E-state index contributed by atoms with van der Waals surface area (Å²) in [7, 11) is 0. The summed E-state index contributed by atoms with van der Waals surface area (Å²) >= 11 is -3.96. The Bertz CT molecular complexity index is 323.